The number of halogens is 1. The van der Waals surface area contributed by atoms with Gasteiger partial charge in [-0.1, -0.05) is 54.1 Å². The van der Waals surface area contributed by atoms with E-state index < -0.39 is 0 Å². The second-order valence-electron chi connectivity index (χ2n) is 7.89. The first-order valence-electron chi connectivity index (χ1n) is 10.5. The Morgan fingerprint density at radius 2 is 1.74 bits per heavy atom. The van der Waals surface area contributed by atoms with E-state index in [4.69, 9.17) is 11.6 Å². The predicted octanol–water partition coefficient (Wildman–Crippen LogP) is 2.95. The smallest absolute Gasteiger partial charge is 0.291 e. The van der Waals surface area contributed by atoms with Gasteiger partial charge < -0.3 is 10.2 Å². The third-order valence-corrected chi connectivity index (χ3v) is 5.92. The fraction of sp³-hybridized carbons (Fsp3) is 0.348. The van der Waals surface area contributed by atoms with Gasteiger partial charge in [-0.25, -0.2) is 9.67 Å². The van der Waals surface area contributed by atoms with Crippen LogP contribution in [0.5, 0.6) is 0 Å². The monoisotopic (exact) mass is 438 g/mol. The number of hydrogen-bond donors (Lipinski definition) is 1. The Bertz CT molecular complexity index is 1030. The van der Waals surface area contributed by atoms with Gasteiger partial charge in [0.15, 0.2) is 0 Å². The van der Waals surface area contributed by atoms with Crippen LogP contribution in [0.2, 0.25) is 5.02 Å². The zero-order chi connectivity index (χ0) is 21.8. The van der Waals surface area contributed by atoms with Crippen molar-refractivity contribution in [3.63, 3.8) is 0 Å². The van der Waals surface area contributed by atoms with Crippen LogP contribution in [0.4, 0.5) is 0 Å². The Morgan fingerprint density at radius 1 is 1.06 bits per heavy atom. The van der Waals surface area contributed by atoms with Gasteiger partial charge in [-0.15, -0.1) is 5.10 Å². The molecule has 1 N–H and O–H groups in total. The standard InChI is InChI=1S/C23H27ClN6O/c1-17-25-22(27-30(17)21-11-7-6-10-19(21)24)23(31)26-20(18-8-4-3-5-9-18)16-29-14-12-28(2)13-15-29/h3-11,20H,12-16H2,1-2H3,(H,26,31). The van der Waals surface area contributed by atoms with Crippen molar-refractivity contribution < 1.29 is 4.79 Å². The van der Waals surface area contributed by atoms with Crippen molar-refractivity contribution in [2.75, 3.05) is 39.8 Å². The van der Waals surface area contributed by atoms with E-state index in [-0.39, 0.29) is 17.8 Å². The molecule has 0 bridgehead atoms. The number of para-hydroxylation sites is 1. The summed E-state index contributed by atoms with van der Waals surface area (Å²) >= 11 is 6.30. The average molecular weight is 439 g/mol. The maximum absolute atomic E-state index is 13.1. The number of nitrogens with zero attached hydrogens (tertiary/aromatic N) is 5. The highest BCUT2D eigenvalue weighted by Crippen LogP contribution is 2.21. The summed E-state index contributed by atoms with van der Waals surface area (Å²) in [5, 5.41) is 8.14. The normalized spacial score (nSPS) is 16.2. The molecule has 1 aromatic heterocycles. The number of piperazine rings is 1. The highest BCUT2D eigenvalue weighted by Gasteiger charge is 2.24. The molecule has 2 aromatic carbocycles. The number of aromatic nitrogens is 3. The van der Waals surface area contributed by atoms with Crippen LogP contribution in [-0.4, -0.2) is 70.2 Å². The van der Waals surface area contributed by atoms with Gasteiger partial charge in [-0.2, -0.15) is 0 Å². The molecule has 7 nitrogen and oxygen atoms in total. The minimum atomic E-state index is -0.295. The number of benzene rings is 2. The molecule has 2 heterocycles. The summed E-state index contributed by atoms with van der Waals surface area (Å²) in [4.78, 5) is 22.2. The van der Waals surface area contributed by atoms with Gasteiger partial charge in [-0.05, 0) is 31.7 Å². The molecule has 1 unspecified atom stereocenters. The maximum Gasteiger partial charge on any atom is 0.291 e. The van der Waals surface area contributed by atoms with Gasteiger partial charge >= 0.3 is 0 Å². The van der Waals surface area contributed by atoms with Crippen LogP contribution >= 0.6 is 11.6 Å². The van der Waals surface area contributed by atoms with Gasteiger partial charge in [0.25, 0.3) is 5.91 Å². The van der Waals surface area contributed by atoms with E-state index in [0.29, 0.717) is 16.5 Å². The summed E-state index contributed by atoms with van der Waals surface area (Å²) in [6, 6.07) is 17.3. The van der Waals surface area contributed by atoms with Crippen molar-refractivity contribution >= 4 is 17.5 Å². The Morgan fingerprint density at radius 3 is 2.45 bits per heavy atom. The van der Waals surface area contributed by atoms with E-state index in [1.54, 1.807) is 10.7 Å². The molecule has 31 heavy (non-hydrogen) atoms. The van der Waals surface area contributed by atoms with Crippen LogP contribution in [0.1, 0.15) is 28.0 Å². The zero-order valence-electron chi connectivity index (χ0n) is 17.8. The first-order chi connectivity index (χ1) is 15.0. The lowest BCUT2D eigenvalue weighted by Gasteiger charge is -2.34. The lowest BCUT2D eigenvalue weighted by molar-refractivity contribution is 0.0897. The SMILES string of the molecule is Cc1nc(C(=O)NC(CN2CCN(C)CC2)c2ccccc2)nn1-c1ccccc1Cl. The van der Waals surface area contributed by atoms with Crippen LogP contribution in [-0.2, 0) is 0 Å². The third kappa shape index (κ3) is 5.12. The molecule has 0 radical (unpaired) electrons. The zero-order valence-corrected chi connectivity index (χ0v) is 18.6. The van der Waals surface area contributed by atoms with E-state index in [0.717, 1.165) is 38.3 Å². The Balaban J connectivity index is 1.54. The lowest BCUT2D eigenvalue weighted by atomic mass is 10.1. The van der Waals surface area contributed by atoms with Gasteiger partial charge in [0, 0.05) is 32.7 Å². The Kier molecular flexibility index (Phi) is 6.65. The van der Waals surface area contributed by atoms with Crippen molar-refractivity contribution in [1.29, 1.82) is 0 Å². The molecular weight excluding hydrogens is 412 g/mol. The largest absolute Gasteiger partial charge is 0.341 e. The number of rotatable bonds is 6. The lowest BCUT2D eigenvalue weighted by Crippen LogP contribution is -2.48. The maximum atomic E-state index is 13.1. The van der Waals surface area contributed by atoms with E-state index in [1.165, 1.54) is 0 Å². The molecule has 1 fully saturated rings. The number of carbonyl (C=O) groups excluding carboxylic acids is 1. The first kappa shape index (κ1) is 21.5. The Hall–Kier alpha value is -2.74. The van der Waals surface area contributed by atoms with Crippen LogP contribution in [0.3, 0.4) is 0 Å². The van der Waals surface area contributed by atoms with Crippen molar-refractivity contribution in [2.24, 2.45) is 0 Å². The number of amides is 1. The summed E-state index contributed by atoms with van der Waals surface area (Å²) in [6.45, 7) is 6.57. The highest BCUT2D eigenvalue weighted by atomic mass is 35.5. The molecule has 0 spiro atoms. The highest BCUT2D eigenvalue weighted by molar-refractivity contribution is 6.32. The van der Waals surface area contributed by atoms with Crippen LogP contribution in [0, 0.1) is 6.92 Å². The van der Waals surface area contributed by atoms with Crippen LogP contribution < -0.4 is 5.32 Å². The summed E-state index contributed by atoms with van der Waals surface area (Å²) in [5.41, 5.74) is 1.77. The summed E-state index contributed by atoms with van der Waals surface area (Å²) < 4.78 is 1.61. The van der Waals surface area contributed by atoms with Gasteiger partial charge in [0.1, 0.15) is 5.82 Å². The minimum Gasteiger partial charge on any atom is -0.341 e. The van der Waals surface area contributed by atoms with E-state index in [9.17, 15) is 4.79 Å². The van der Waals surface area contributed by atoms with E-state index in [2.05, 4.69) is 32.2 Å². The fourth-order valence-corrected chi connectivity index (χ4v) is 3.98. The summed E-state index contributed by atoms with van der Waals surface area (Å²) in [7, 11) is 2.14. The fourth-order valence-electron chi connectivity index (χ4n) is 3.77. The second kappa shape index (κ2) is 9.60. The molecule has 0 aliphatic carbocycles. The molecule has 0 saturated carbocycles. The van der Waals surface area contributed by atoms with Gasteiger partial charge in [0.05, 0.1) is 16.8 Å². The number of likely N-dealkylation sites (N-methyl/N-ethyl adjacent to an activating group) is 1. The van der Waals surface area contributed by atoms with E-state index in [1.807, 2.05) is 55.5 Å². The second-order valence-corrected chi connectivity index (χ2v) is 8.29. The topological polar surface area (TPSA) is 66.3 Å². The van der Waals surface area contributed by atoms with Crippen molar-refractivity contribution in [3.05, 3.63) is 76.8 Å². The molecule has 4 rings (SSSR count). The van der Waals surface area contributed by atoms with Crippen LogP contribution in [0.15, 0.2) is 54.6 Å². The van der Waals surface area contributed by atoms with Gasteiger partial charge in [0.2, 0.25) is 5.82 Å². The predicted molar refractivity (Wildman–Crippen MR) is 122 cm³/mol. The van der Waals surface area contributed by atoms with Gasteiger partial charge in [-0.3, -0.25) is 9.69 Å². The Labute approximate surface area is 187 Å². The molecule has 162 valence electrons. The molecular formula is C23H27ClN6O. The van der Waals surface area contributed by atoms with Crippen molar-refractivity contribution in [1.82, 2.24) is 29.9 Å². The van der Waals surface area contributed by atoms with Crippen LogP contribution in [0.25, 0.3) is 5.69 Å². The quantitative estimate of drug-likeness (QED) is 0.641. The number of aryl methyl sites for hydroxylation is 1. The average Bonchev–Trinajstić information content (AvgIpc) is 3.17. The van der Waals surface area contributed by atoms with E-state index >= 15 is 0 Å². The van der Waals surface area contributed by atoms with Crippen molar-refractivity contribution in [3.8, 4) is 5.69 Å². The molecule has 3 aromatic rings. The number of carbonyl (C=O) groups is 1. The molecule has 8 heteroatoms. The first-order valence-corrected chi connectivity index (χ1v) is 10.8. The molecule has 1 amide bonds. The summed E-state index contributed by atoms with van der Waals surface area (Å²) in [6.07, 6.45) is 0. The molecule has 1 aliphatic heterocycles. The molecule has 1 saturated heterocycles. The minimum absolute atomic E-state index is 0.136. The summed E-state index contributed by atoms with van der Waals surface area (Å²) in [5.74, 6) is 0.446. The third-order valence-electron chi connectivity index (χ3n) is 5.60. The molecule has 1 aliphatic rings. The molecule has 1 atom stereocenters. The van der Waals surface area contributed by atoms with Crippen molar-refractivity contribution in [2.45, 2.75) is 13.0 Å². The number of nitrogens with one attached hydrogen (secondary N) is 1. The number of hydrogen-bond acceptors (Lipinski definition) is 5.